The van der Waals surface area contributed by atoms with Gasteiger partial charge in [0.1, 0.15) is 12.4 Å². The number of rotatable bonds is 5. The first-order valence-electron chi connectivity index (χ1n) is 5.86. The van der Waals surface area contributed by atoms with Gasteiger partial charge in [-0.15, -0.1) is 0 Å². The van der Waals surface area contributed by atoms with Crippen molar-refractivity contribution in [1.29, 1.82) is 0 Å². The highest BCUT2D eigenvalue weighted by Gasteiger charge is 2.10. The van der Waals surface area contributed by atoms with Crippen LogP contribution in [-0.4, -0.2) is 12.8 Å². The van der Waals surface area contributed by atoms with Crippen molar-refractivity contribution in [3.8, 4) is 0 Å². The first-order valence-corrected chi connectivity index (χ1v) is 5.86. The number of hydrogen-bond donors (Lipinski definition) is 0. The van der Waals surface area contributed by atoms with Gasteiger partial charge in [-0.05, 0) is 12.0 Å². The molecule has 3 nitrogen and oxygen atoms in total. The molecule has 0 radical (unpaired) electrons. The largest absolute Gasteiger partial charge is 0.514 e. The Labute approximate surface area is 108 Å². The molecule has 0 unspecified atom stereocenters. The Kier molecular flexibility index (Phi) is 5.71. The minimum atomic E-state index is -0.717. The number of ether oxygens (including phenoxy) is 2. The molecule has 0 saturated carbocycles. The molecular weight excluding hydrogens is 228 g/mol. The van der Waals surface area contributed by atoms with Crippen molar-refractivity contribution in [2.75, 3.05) is 6.61 Å². The Hall–Kier alpha value is -2.03. The van der Waals surface area contributed by atoms with E-state index in [1.807, 2.05) is 50.3 Å². The van der Waals surface area contributed by atoms with E-state index in [0.717, 1.165) is 5.56 Å². The Morgan fingerprint density at radius 1 is 1.33 bits per heavy atom. The van der Waals surface area contributed by atoms with Gasteiger partial charge in [-0.3, -0.25) is 0 Å². The van der Waals surface area contributed by atoms with Crippen LogP contribution in [0, 0.1) is 5.92 Å². The van der Waals surface area contributed by atoms with E-state index in [1.54, 1.807) is 0 Å². The number of hydrogen-bond acceptors (Lipinski definition) is 3. The molecule has 0 bridgehead atoms. The van der Waals surface area contributed by atoms with Gasteiger partial charge in [0, 0.05) is 5.56 Å². The molecule has 0 saturated heterocycles. The van der Waals surface area contributed by atoms with E-state index in [9.17, 15) is 4.79 Å². The molecule has 0 fully saturated rings. The Balaban J connectivity index is 2.81. The van der Waals surface area contributed by atoms with E-state index >= 15 is 0 Å². The van der Waals surface area contributed by atoms with Crippen LogP contribution in [-0.2, 0) is 9.47 Å². The standard InChI is InChI=1S/C15H18O3/c1-4-10-17-15(16)18-14(11-12(2)3)13-8-6-5-7-9-13/h4-9,11-12H,1,10H2,2-3H3/b14-11-. The van der Waals surface area contributed by atoms with E-state index in [4.69, 9.17) is 9.47 Å². The number of carbonyl (C=O) groups is 1. The number of allylic oxidation sites excluding steroid dienone is 1. The summed E-state index contributed by atoms with van der Waals surface area (Å²) in [5.74, 6) is 0.784. The summed E-state index contributed by atoms with van der Waals surface area (Å²) in [7, 11) is 0. The Morgan fingerprint density at radius 3 is 2.56 bits per heavy atom. The minimum Gasteiger partial charge on any atom is -0.430 e. The van der Waals surface area contributed by atoms with Gasteiger partial charge in [-0.1, -0.05) is 56.8 Å². The monoisotopic (exact) mass is 246 g/mol. The van der Waals surface area contributed by atoms with Crippen molar-refractivity contribution in [2.24, 2.45) is 5.92 Å². The fraction of sp³-hybridized carbons (Fsp3) is 0.267. The maximum Gasteiger partial charge on any atom is 0.514 e. The summed E-state index contributed by atoms with van der Waals surface area (Å²) < 4.78 is 10.0. The highest BCUT2D eigenvalue weighted by molar-refractivity contribution is 5.73. The molecule has 1 aromatic rings. The summed E-state index contributed by atoms with van der Waals surface area (Å²) in [6.07, 6.45) is 2.66. The van der Waals surface area contributed by atoms with Gasteiger partial charge in [0.25, 0.3) is 0 Å². The second-order valence-electron chi connectivity index (χ2n) is 4.09. The summed E-state index contributed by atoms with van der Waals surface area (Å²) in [4.78, 5) is 11.4. The summed E-state index contributed by atoms with van der Waals surface area (Å²) in [5.41, 5.74) is 0.849. The van der Waals surface area contributed by atoms with E-state index < -0.39 is 6.16 Å². The lowest BCUT2D eigenvalue weighted by Crippen LogP contribution is -2.07. The summed E-state index contributed by atoms with van der Waals surface area (Å²) in [5, 5.41) is 0. The van der Waals surface area contributed by atoms with Crippen molar-refractivity contribution in [1.82, 2.24) is 0 Å². The molecule has 1 aromatic carbocycles. The minimum absolute atomic E-state index is 0.141. The fourth-order valence-electron chi connectivity index (χ4n) is 1.34. The third-order valence-corrected chi connectivity index (χ3v) is 2.06. The number of carbonyl (C=O) groups excluding carboxylic acids is 1. The van der Waals surface area contributed by atoms with Gasteiger partial charge in [-0.25, -0.2) is 4.79 Å². The van der Waals surface area contributed by atoms with E-state index in [0.29, 0.717) is 5.76 Å². The molecule has 0 atom stereocenters. The lowest BCUT2D eigenvalue weighted by Gasteiger charge is -2.10. The first-order chi connectivity index (χ1) is 8.63. The van der Waals surface area contributed by atoms with Crippen LogP contribution in [0.2, 0.25) is 0 Å². The van der Waals surface area contributed by atoms with Gasteiger partial charge < -0.3 is 9.47 Å². The summed E-state index contributed by atoms with van der Waals surface area (Å²) in [6, 6.07) is 9.46. The predicted octanol–water partition coefficient (Wildman–Crippen LogP) is 4.02. The van der Waals surface area contributed by atoms with E-state index in [-0.39, 0.29) is 12.5 Å². The molecule has 0 N–H and O–H groups in total. The van der Waals surface area contributed by atoms with Gasteiger partial charge in [0.2, 0.25) is 0 Å². The van der Waals surface area contributed by atoms with Crippen molar-refractivity contribution >= 4 is 11.9 Å². The predicted molar refractivity (Wildman–Crippen MR) is 71.9 cm³/mol. The third-order valence-electron chi connectivity index (χ3n) is 2.06. The van der Waals surface area contributed by atoms with Crippen molar-refractivity contribution in [3.63, 3.8) is 0 Å². The zero-order chi connectivity index (χ0) is 13.4. The quantitative estimate of drug-likeness (QED) is 0.447. The van der Waals surface area contributed by atoms with Crippen LogP contribution >= 0.6 is 0 Å². The van der Waals surface area contributed by atoms with Crippen LogP contribution < -0.4 is 0 Å². The van der Waals surface area contributed by atoms with Gasteiger partial charge >= 0.3 is 6.16 Å². The van der Waals surface area contributed by atoms with Gasteiger partial charge in [0.05, 0.1) is 0 Å². The first kappa shape index (κ1) is 14.0. The molecule has 0 aliphatic carbocycles. The van der Waals surface area contributed by atoms with Crippen LogP contribution in [0.1, 0.15) is 19.4 Å². The maximum atomic E-state index is 11.4. The van der Waals surface area contributed by atoms with Crippen LogP contribution in [0.15, 0.2) is 49.1 Å². The third kappa shape index (κ3) is 4.87. The maximum absolute atomic E-state index is 11.4. The fourth-order valence-corrected chi connectivity index (χ4v) is 1.34. The highest BCUT2D eigenvalue weighted by Crippen LogP contribution is 2.18. The normalized spacial score (nSPS) is 11.2. The molecule has 18 heavy (non-hydrogen) atoms. The zero-order valence-corrected chi connectivity index (χ0v) is 10.8. The van der Waals surface area contributed by atoms with E-state index in [2.05, 4.69) is 6.58 Å². The van der Waals surface area contributed by atoms with Crippen LogP contribution in [0.5, 0.6) is 0 Å². The van der Waals surface area contributed by atoms with Crippen LogP contribution in [0.4, 0.5) is 4.79 Å². The molecule has 0 heterocycles. The second-order valence-corrected chi connectivity index (χ2v) is 4.09. The second kappa shape index (κ2) is 7.33. The van der Waals surface area contributed by atoms with Gasteiger partial charge in [0.15, 0.2) is 0 Å². The lowest BCUT2D eigenvalue weighted by molar-refractivity contribution is 0.100. The molecule has 0 aromatic heterocycles. The molecule has 96 valence electrons. The molecule has 0 aliphatic heterocycles. The lowest BCUT2D eigenvalue weighted by atomic mass is 10.1. The molecular formula is C15H18O3. The molecule has 0 spiro atoms. The van der Waals surface area contributed by atoms with Crippen LogP contribution in [0.25, 0.3) is 5.76 Å². The van der Waals surface area contributed by atoms with Crippen LogP contribution in [0.3, 0.4) is 0 Å². The SMILES string of the molecule is C=CCOC(=O)O/C(=C\C(C)C)c1ccccc1. The van der Waals surface area contributed by atoms with E-state index in [1.165, 1.54) is 6.08 Å². The molecule has 0 aliphatic rings. The average Bonchev–Trinajstić information content (AvgIpc) is 2.36. The molecule has 1 rings (SSSR count). The van der Waals surface area contributed by atoms with Crippen molar-refractivity contribution in [2.45, 2.75) is 13.8 Å². The molecule has 3 heteroatoms. The molecule has 0 amide bonds. The topological polar surface area (TPSA) is 35.5 Å². The van der Waals surface area contributed by atoms with Crippen molar-refractivity contribution < 1.29 is 14.3 Å². The van der Waals surface area contributed by atoms with Gasteiger partial charge in [-0.2, -0.15) is 0 Å². The van der Waals surface area contributed by atoms with Crippen molar-refractivity contribution in [3.05, 3.63) is 54.6 Å². The Morgan fingerprint density at radius 2 is 2.00 bits per heavy atom. The summed E-state index contributed by atoms with van der Waals surface area (Å²) >= 11 is 0. The number of benzene rings is 1. The zero-order valence-electron chi connectivity index (χ0n) is 10.8. The highest BCUT2D eigenvalue weighted by atomic mass is 16.7. The Bertz CT molecular complexity index is 419. The average molecular weight is 246 g/mol. The smallest absolute Gasteiger partial charge is 0.430 e. The summed E-state index contributed by atoms with van der Waals surface area (Å²) in [6.45, 7) is 7.64.